The van der Waals surface area contributed by atoms with Crippen LogP contribution in [0.4, 0.5) is 5.69 Å². The standard InChI is InChI=1S/C20H23N3O4S/c1-4-12-23-13-11-16-14-17(7-10-19(16)23)21-20(24)15-5-8-18(9-6-15)28(25,26)22(2)27-3/h5-11,13-14H,4,12H2,1-3H3,(H,21,24). The minimum Gasteiger partial charge on any atom is -0.347 e. The number of aromatic nitrogens is 1. The average molecular weight is 401 g/mol. The van der Waals surface area contributed by atoms with Gasteiger partial charge in [0, 0.05) is 41.9 Å². The zero-order valence-corrected chi connectivity index (χ0v) is 16.9. The van der Waals surface area contributed by atoms with E-state index < -0.39 is 10.0 Å². The first kappa shape index (κ1) is 20.1. The SMILES string of the molecule is CCCn1ccc2cc(NC(=O)c3ccc(S(=O)(=O)N(C)OC)cc3)ccc21. The van der Waals surface area contributed by atoms with Crippen LogP contribution in [-0.4, -0.2) is 37.5 Å². The van der Waals surface area contributed by atoms with Crippen molar-refractivity contribution in [2.45, 2.75) is 24.8 Å². The van der Waals surface area contributed by atoms with E-state index in [-0.39, 0.29) is 10.8 Å². The Bertz CT molecular complexity index is 1090. The molecule has 0 bridgehead atoms. The number of nitrogens with one attached hydrogen (secondary N) is 1. The summed E-state index contributed by atoms with van der Waals surface area (Å²) >= 11 is 0. The van der Waals surface area contributed by atoms with Crippen LogP contribution < -0.4 is 5.32 Å². The molecule has 0 aliphatic rings. The number of anilines is 1. The smallest absolute Gasteiger partial charge is 0.264 e. The molecule has 0 unspecified atom stereocenters. The zero-order chi connectivity index (χ0) is 20.3. The van der Waals surface area contributed by atoms with Crippen LogP contribution in [0.25, 0.3) is 10.9 Å². The van der Waals surface area contributed by atoms with Gasteiger partial charge in [0.1, 0.15) is 0 Å². The Kier molecular flexibility index (Phi) is 5.83. The molecule has 3 rings (SSSR count). The molecule has 28 heavy (non-hydrogen) atoms. The highest BCUT2D eigenvalue weighted by atomic mass is 32.2. The molecular weight excluding hydrogens is 378 g/mol. The summed E-state index contributed by atoms with van der Waals surface area (Å²) in [5.74, 6) is -0.309. The lowest BCUT2D eigenvalue weighted by Gasteiger charge is -2.14. The third kappa shape index (κ3) is 3.94. The topological polar surface area (TPSA) is 80.6 Å². The van der Waals surface area contributed by atoms with Crippen molar-refractivity contribution in [1.82, 2.24) is 9.04 Å². The first-order valence-electron chi connectivity index (χ1n) is 8.90. The Balaban J connectivity index is 1.77. The van der Waals surface area contributed by atoms with Gasteiger partial charge in [-0.05, 0) is 55.0 Å². The van der Waals surface area contributed by atoms with Gasteiger partial charge in [-0.25, -0.2) is 8.42 Å². The van der Waals surface area contributed by atoms with Crippen LogP contribution in [0.3, 0.4) is 0 Å². The number of fused-ring (bicyclic) bond motifs is 1. The van der Waals surface area contributed by atoms with Gasteiger partial charge in [-0.3, -0.25) is 9.63 Å². The van der Waals surface area contributed by atoms with Gasteiger partial charge >= 0.3 is 0 Å². The minimum atomic E-state index is -3.74. The van der Waals surface area contributed by atoms with E-state index in [4.69, 9.17) is 4.84 Å². The van der Waals surface area contributed by atoms with Crippen molar-refractivity contribution in [2.75, 3.05) is 19.5 Å². The quantitative estimate of drug-likeness (QED) is 0.615. The van der Waals surface area contributed by atoms with Crippen LogP contribution in [0.15, 0.2) is 59.6 Å². The van der Waals surface area contributed by atoms with E-state index in [0.29, 0.717) is 11.3 Å². The van der Waals surface area contributed by atoms with E-state index in [1.54, 1.807) is 0 Å². The first-order chi connectivity index (χ1) is 13.4. The molecule has 0 spiro atoms. The predicted molar refractivity (Wildman–Crippen MR) is 109 cm³/mol. The molecule has 7 nitrogen and oxygen atoms in total. The van der Waals surface area contributed by atoms with Crippen LogP contribution in [0.5, 0.6) is 0 Å². The molecule has 3 aromatic rings. The number of nitrogens with zero attached hydrogens (tertiary/aromatic N) is 2. The van der Waals surface area contributed by atoms with E-state index in [1.165, 1.54) is 38.4 Å². The fraction of sp³-hybridized carbons (Fsp3) is 0.250. The van der Waals surface area contributed by atoms with Gasteiger partial charge in [-0.2, -0.15) is 0 Å². The van der Waals surface area contributed by atoms with Crippen LogP contribution in [0.1, 0.15) is 23.7 Å². The summed E-state index contributed by atoms with van der Waals surface area (Å²) in [6.45, 7) is 3.08. The summed E-state index contributed by atoms with van der Waals surface area (Å²) in [7, 11) is -1.16. The van der Waals surface area contributed by atoms with Gasteiger partial charge in [0.2, 0.25) is 0 Å². The molecule has 8 heteroatoms. The number of amides is 1. The van der Waals surface area contributed by atoms with Crippen molar-refractivity contribution in [3.8, 4) is 0 Å². The molecule has 0 fully saturated rings. The Hall–Kier alpha value is -2.68. The number of hydrogen-bond donors (Lipinski definition) is 1. The Morgan fingerprint density at radius 3 is 2.50 bits per heavy atom. The summed E-state index contributed by atoms with van der Waals surface area (Å²) < 4.78 is 27.4. The zero-order valence-electron chi connectivity index (χ0n) is 16.0. The van der Waals surface area contributed by atoms with E-state index in [0.717, 1.165) is 28.3 Å². The van der Waals surface area contributed by atoms with Crippen LogP contribution in [-0.2, 0) is 21.4 Å². The molecule has 0 radical (unpaired) electrons. The highest BCUT2D eigenvalue weighted by molar-refractivity contribution is 7.89. The fourth-order valence-electron chi connectivity index (χ4n) is 2.94. The van der Waals surface area contributed by atoms with E-state index in [9.17, 15) is 13.2 Å². The summed E-state index contributed by atoms with van der Waals surface area (Å²) in [6.07, 6.45) is 3.09. The van der Waals surface area contributed by atoms with Crippen molar-refractivity contribution in [3.63, 3.8) is 0 Å². The Morgan fingerprint density at radius 2 is 1.86 bits per heavy atom. The van der Waals surface area contributed by atoms with E-state index in [1.807, 2.05) is 30.5 Å². The maximum atomic E-state index is 12.5. The fourth-order valence-corrected chi connectivity index (χ4v) is 3.92. The highest BCUT2D eigenvalue weighted by Gasteiger charge is 2.21. The second-order valence-corrected chi connectivity index (χ2v) is 8.29. The van der Waals surface area contributed by atoms with Crippen LogP contribution in [0.2, 0.25) is 0 Å². The number of carbonyl (C=O) groups is 1. The van der Waals surface area contributed by atoms with Crippen molar-refractivity contribution in [3.05, 3.63) is 60.3 Å². The molecule has 1 amide bonds. The molecule has 0 saturated heterocycles. The molecule has 0 atom stereocenters. The number of hydroxylamine groups is 1. The Labute approximate surface area is 164 Å². The third-order valence-corrected chi connectivity index (χ3v) is 6.20. The number of sulfonamides is 1. The maximum absolute atomic E-state index is 12.5. The van der Waals surface area contributed by atoms with E-state index >= 15 is 0 Å². The van der Waals surface area contributed by atoms with Gasteiger partial charge in [0.15, 0.2) is 0 Å². The van der Waals surface area contributed by atoms with Gasteiger partial charge in [0.25, 0.3) is 15.9 Å². The molecule has 0 saturated carbocycles. The minimum absolute atomic E-state index is 0.0482. The van der Waals surface area contributed by atoms with Crippen molar-refractivity contribution >= 4 is 32.5 Å². The summed E-state index contributed by atoms with van der Waals surface area (Å²) in [5.41, 5.74) is 2.17. The number of rotatable bonds is 7. The van der Waals surface area contributed by atoms with Crippen LogP contribution in [0, 0.1) is 0 Å². The van der Waals surface area contributed by atoms with Crippen molar-refractivity contribution < 1.29 is 18.0 Å². The normalized spacial score (nSPS) is 11.9. The molecule has 1 N–H and O–H groups in total. The molecule has 0 aliphatic heterocycles. The van der Waals surface area contributed by atoms with Gasteiger partial charge in [0.05, 0.1) is 12.0 Å². The monoisotopic (exact) mass is 401 g/mol. The lowest BCUT2D eigenvalue weighted by atomic mass is 10.2. The number of benzene rings is 2. The van der Waals surface area contributed by atoms with E-state index in [2.05, 4.69) is 16.8 Å². The molecule has 1 aromatic heterocycles. The maximum Gasteiger partial charge on any atom is 0.264 e. The van der Waals surface area contributed by atoms with Gasteiger partial charge in [-0.1, -0.05) is 11.4 Å². The second kappa shape index (κ2) is 8.14. The number of aryl methyl sites for hydroxylation is 1. The molecule has 0 aliphatic carbocycles. The van der Waals surface area contributed by atoms with Crippen molar-refractivity contribution in [2.24, 2.45) is 0 Å². The first-order valence-corrected chi connectivity index (χ1v) is 10.3. The third-order valence-electron chi connectivity index (χ3n) is 4.50. The second-order valence-electron chi connectivity index (χ2n) is 6.36. The number of carbonyl (C=O) groups excluding carboxylic acids is 1. The number of hydrogen-bond acceptors (Lipinski definition) is 4. The van der Waals surface area contributed by atoms with Crippen LogP contribution >= 0.6 is 0 Å². The molecular formula is C20H23N3O4S. The summed E-state index contributed by atoms with van der Waals surface area (Å²) in [6, 6.07) is 13.5. The molecule has 148 valence electrons. The summed E-state index contributed by atoms with van der Waals surface area (Å²) in [4.78, 5) is 17.3. The van der Waals surface area contributed by atoms with Gasteiger partial charge in [-0.15, -0.1) is 0 Å². The average Bonchev–Trinajstić information content (AvgIpc) is 3.09. The molecule has 1 heterocycles. The summed E-state index contributed by atoms with van der Waals surface area (Å²) in [5, 5.41) is 3.90. The van der Waals surface area contributed by atoms with Crippen molar-refractivity contribution in [1.29, 1.82) is 0 Å². The largest absolute Gasteiger partial charge is 0.347 e. The predicted octanol–water partition coefficient (Wildman–Crippen LogP) is 3.49. The lowest BCUT2D eigenvalue weighted by molar-refractivity contribution is -0.0258. The lowest BCUT2D eigenvalue weighted by Crippen LogP contribution is -2.25. The Morgan fingerprint density at radius 1 is 1.14 bits per heavy atom. The molecule has 2 aromatic carbocycles. The highest BCUT2D eigenvalue weighted by Crippen LogP contribution is 2.22. The van der Waals surface area contributed by atoms with Gasteiger partial charge < -0.3 is 9.88 Å².